The molecular weight excluding hydrogens is 629 g/mol. The van der Waals surface area contributed by atoms with Crippen molar-refractivity contribution in [2.75, 3.05) is 13.2 Å². The van der Waals surface area contributed by atoms with Crippen LogP contribution in [0, 0.1) is 11.6 Å². The molecule has 0 saturated heterocycles. The molecule has 3 N–H and O–H groups in total. The van der Waals surface area contributed by atoms with E-state index >= 15 is 0 Å². The molecule has 0 aliphatic carbocycles. The number of carbonyl (C=O) groups excluding carboxylic acids is 1. The van der Waals surface area contributed by atoms with Crippen molar-refractivity contribution < 1.29 is 23.4 Å². The number of nitrogens with zero attached hydrogens (tertiary/aromatic N) is 1. The number of aliphatic hydroxyl groups excluding tert-OH is 1. The van der Waals surface area contributed by atoms with E-state index in [2.05, 4.69) is 41.6 Å². The summed E-state index contributed by atoms with van der Waals surface area (Å²) in [6, 6.07) is 23.8. The van der Waals surface area contributed by atoms with Gasteiger partial charge in [0.2, 0.25) is 0 Å². The smallest absolute Gasteiger partial charge is 0.251 e. The van der Waals surface area contributed by atoms with Crippen LogP contribution in [0.3, 0.4) is 0 Å². The fourth-order valence-electron chi connectivity index (χ4n) is 5.50. The minimum atomic E-state index is -1.06. The van der Waals surface area contributed by atoms with Gasteiger partial charge in [-0.15, -0.1) is 11.3 Å². The molecule has 0 aliphatic rings. The Bertz CT molecular complexity index is 1780. The summed E-state index contributed by atoms with van der Waals surface area (Å²) < 4.78 is 34.2. The van der Waals surface area contributed by atoms with Crippen LogP contribution in [0.4, 0.5) is 8.78 Å². The highest BCUT2D eigenvalue weighted by molar-refractivity contribution is 7.13. The number of carbonyl (C=O) groups is 1. The molecule has 0 radical (unpaired) electrons. The predicted octanol–water partition coefficient (Wildman–Crippen LogP) is 7.99. The SMILES string of the molecule is CCCCOc1cccc(-c2cc(C(=O)N[C@@H](Cc3cc(F)cc(F)c3)[C@H](O)CNCc3cccc(CC)c3)cc(-c3nccs3)c2)c1. The van der Waals surface area contributed by atoms with E-state index in [1.54, 1.807) is 18.3 Å². The monoisotopic (exact) mass is 669 g/mol. The Morgan fingerprint density at radius 3 is 2.42 bits per heavy atom. The second-order valence-electron chi connectivity index (χ2n) is 11.8. The topological polar surface area (TPSA) is 83.5 Å². The van der Waals surface area contributed by atoms with Crippen molar-refractivity contribution in [2.45, 2.75) is 58.2 Å². The molecule has 9 heteroatoms. The lowest BCUT2D eigenvalue weighted by Crippen LogP contribution is -2.48. The molecule has 0 bridgehead atoms. The maximum absolute atomic E-state index is 14.1. The number of nitrogens with one attached hydrogen (secondary N) is 2. The maximum atomic E-state index is 14.1. The van der Waals surface area contributed by atoms with Gasteiger partial charge in [-0.25, -0.2) is 13.8 Å². The highest BCUT2D eigenvalue weighted by atomic mass is 32.1. The summed E-state index contributed by atoms with van der Waals surface area (Å²) in [5.41, 5.74) is 5.41. The van der Waals surface area contributed by atoms with Gasteiger partial charge in [0.1, 0.15) is 22.4 Å². The van der Waals surface area contributed by atoms with E-state index in [4.69, 9.17) is 4.74 Å². The molecular formula is C39H41F2N3O3S. The molecule has 250 valence electrons. The minimum Gasteiger partial charge on any atom is -0.494 e. The van der Waals surface area contributed by atoms with Gasteiger partial charge in [0.25, 0.3) is 5.91 Å². The highest BCUT2D eigenvalue weighted by Crippen LogP contribution is 2.31. The largest absolute Gasteiger partial charge is 0.494 e. The van der Waals surface area contributed by atoms with Crippen molar-refractivity contribution in [3.8, 4) is 27.4 Å². The van der Waals surface area contributed by atoms with E-state index in [0.29, 0.717) is 24.3 Å². The van der Waals surface area contributed by atoms with Gasteiger partial charge < -0.3 is 20.5 Å². The highest BCUT2D eigenvalue weighted by Gasteiger charge is 2.24. The first-order chi connectivity index (χ1) is 23.3. The molecule has 0 fully saturated rings. The van der Waals surface area contributed by atoms with Gasteiger partial charge in [0.05, 0.1) is 18.8 Å². The van der Waals surface area contributed by atoms with E-state index in [-0.39, 0.29) is 13.0 Å². The summed E-state index contributed by atoms with van der Waals surface area (Å²) in [6.45, 7) is 5.48. The molecule has 6 nitrogen and oxygen atoms in total. The van der Waals surface area contributed by atoms with Crippen molar-refractivity contribution in [2.24, 2.45) is 0 Å². The second kappa shape index (κ2) is 17.1. The van der Waals surface area contributed by atoms with Crippen molar-refractivity contribution in [1.29, 1.82) is 0 Å². The Balaban J connectivity index is 1.41. The number of aliphatic hydroxyl groups is 1. The number of thiazole rings is 1. The molecule has 5 rings (SSSR count). The Morgan fingerprint density at radius 2 is 1.67 bits per heavy atom. The number of amides is 1. The van der Waals surface area contributed by atoms with Gasteiger partial charge in [-0.1, -0.05) is 56.7 Å². The number of rotatable bonds is 16. The molecule has 1 heterocycles. The number of aromatic nitrogens is 1. The lowest BCUT2D eigenvalue weighted by atomic mass is 9.97. The molecule has 1 amide bonds. The third-order valence-electron chi connectivity index (χ3n) is 8.05. The zero-order valence-corrected chi connectivity index (χ0v) is 28.0. The predicted molar refractivity (Wildman–Crippen MR) is 188 cm³/mol. The normalized spacial score (nSPS) is 12.4. The summed E-state index contributed by atoms with van der Waals surface area (Å²) in [7, 11) is 0. The summed E-state index contributed by atoms with van der Waals surface area (Å²) in [5, 5.41) is 20.2. The van der Waals surface area contributed by atoms with Crippen molar-refractivity contribution in [1.82, 2.24) is 15.6 Å². The molecule has 0 aliphatic heterocycles. The quantitative estimate of drug-likeness (QED) is 0.0929. The fourth-order valence-corrected chi connectivity index (χ4v) is 6.12. The molecule has 0 unspecified atom stereocenters. The lowest BCUT2D eigenvalue weighted by Gasteiger charge is -2.25. The maximum Gasteiger partial charge on any atom is 0.251 e. The van der Waals surface area contributed by atoms with E-state index in [1.165, 1.54) is 29.0 Å². The molecule has 5 aromatic rings. The van der Waals surface area contributed by atoms with E-state index in [9.17, 15) is 18.7 Å². The average Bonchev–Trinajstić information content (AvgIpc) is 3.63. The Morgan fingerprint density at radius 1 is 0.896 bits per heavy atom. The van der Waals surface area contributed by atoms with Crippen LogP contribution in [0.15, 0.2) is 96.5 Å². The van der Waals surface area contributed by atoms with Crippen LogP contribution in [0.1, 0.15) is 53.7 Å². The number of benzene rings is 4. The second-order valence-corrected chi connectivity index (χ2v) is 12.7. The Kier molecular flexibility index (Phi) is 12.4. The van der Waals surface area contributed by atoms with Crippen LogP contribution < -0.4 is 15.4 Å². The van der Waals surface area contributed by atoms with Gasteiger partial charge in [-0.05, 0) is 89.5 Å². The number of hydrogen-bond acceptors (Lipinski definition) is 6. The van der Waals surface area contributed by atoms with Crippen LogP contribution in [0.25, 0.3) is 21.7 Å². The van der Waals surface area contributed by atoms with Crippen LogP contribution in [-0.2, 0) is 19.4 Å². The standard InChI is InChI=1S/C39H41F2N3O3S/c1-3-5-13-47-35-11-7-10-29(22-35)30-19-31(21-32(20-30)39-43-12-14-48-39)38(46)44-36(18-28-16-33(40)23-34(41)17-28)37(45)25-42-24-27-9-6-8-26(4-2)15-27/h6-12,14-17,19-23,36-37,42,45H,3-5,13,18,24-25H2,1-2H3,(H,44,46)/t36-,37+/m0/s1. The van der Waals surface area contributed by atoms with Gasteiger partial charge >= 0.3 is 0 Å². The van der Waals surface area contributed by atoms with Crippen LogP contribution in [-0.4, -0.2) is 41.3 Å². The first-order valence-electron chi connectivity index (χ1n) is 16.3. The van der Waals surface area contributed by atoms with Gasteiger partial charge in [0, 0.05) is 41.9 Å². The molecule has 4 aromatic carbocycles. The van der Waals surface area contributed by atoms with Crippen LogP contribution in [0.5, 0.6) is 5.75 Å². The third-order valence-corrected chi connectivity index (χ3v) is 8.87. The van der Waals surface area contributed by atoms with Crippen molar-refractivity contribution >= 4 is 17.2 Å². The van der Waals surface area contributed by atoms with E-state index in [0.717, 1.165) is 58.3 Å². The molecule has 0 spiro atoms. The molecule has 2 atom stereocenters. The van der Waals surface area contributed by atoms with Gasteiger partial charge in [0.15, 0.2) is 0 Å². The Labute approximate surface area is 284 Å². The van der Waals surface area contributed by atoms with Crippen molar-refractivity contribution in [3.63, 3.8) is 0 Å². The first kappa shape index (κ1) is 34.9. The first-order valence-corrected chi connectivity index (χ1v) is 17.2. The molecule has 0 saturated carbocycles. The minimum absolute atomic E-state index is 0.0186. The summed E-state index contributed by atoms with van der Waals surface area (Å²) >= 11 is 1.46. The lowest BCUT2D eigenvalue weighted by molar-refractivity contribution is 0.0830. The van der Waals surface area contributed by atoms with Gasteiger partial charge in [-0.2, -0.15) is 0 Å². The summed E-state index contributed by atoms with van der Waals surface area (Å²) in [5.74, 6) is -1.13. The Hall–Kier alpha value is -4.44. The molecule has 48 heavy (non-hydrogen) atoms. The number of aryl methyl sites for hydroxylation is 1. The zero-order chi connectivity index (χ0) is 33.9. The summed E-state index contributed by atoms with van der Waals surface area (Å²) in [6.07, 6.45) is 3.56. The number of ether oxygens (including phenoxy) is 1. The van der Waals surface area contributed by atoms with Crippen LogP contribution in [0.2, 0.25) is 0 Å². The van der Waals surface area contributed by atoms with Crippen LogP contribution >= 0.6 is 11.3 Å². The van der Waals surface area contributed by atoms with Gasteiger partial charge in [-0.3, -0.25) is 4.79 Å². The van der Waals surface area contributed by atoms with Crippen molar-refractivity contribution in [3.05, 3.63) is 130 Å². The van der Waals surface area contributed by atoms with E-state index < -0.39 is 29.7 Å². The zero-order valence-electron chi connectivity index (χ0n) is 27.2. The third kappa shape index (κ3) is 9.79. The molecule has 1 aromatic heterocycles. The number of halogens is 2. The average molecular weight is 670 g/mol. The summed E-state index contributed by atoms with van der Waals surface area (Å²) in [4.78, 5) is 18.4. The van der Waals surface area contributed by atoms with E-state index in [1.807, 2.05) is 47.8 Å². The number of unbranched alkanes of at least 4 members (excludes halogenated alkanes) is 1. The fraction of sp³-hybridized carbons (Fsp3) is 0.282. The number of hydrogen-bond donors (Lipinski definition) is 3.